The van der Waals surface area contributed by atoms with Crippen molar-refractivity contribution in [2.45, 2.75) is 31.8 Å². The van der Waals surface area contributed by atoms with E-state index in [9.17, 15) is 5.11 Å². The van der Waals surface area contributed by atoms with Gasteiger partial charge in [0.25, 0.3) is 0 Å². The van der Waals surface area contributed by atoms with Gasteiger partial charge in [0.1, 0.15) is 5.60 Å². The summed E-state index contributed by atoms with van der Waals surface area (Å²) in [4.78, 5) is 0. The number of hydrogen-bond acceptors (Lipinski definition) is 1. The zero-order valence-corrected chi connectivity index (χ0v) is 6.07. The molecule has 1 nitrogen and oxygen atoms in total. The van der Waals surface area contributed by atoms with Crippen LogP contribution in [0, 0.1) is 23.7 Å². The Morgan fingerprint density at radius 1 is 1.50 bits per heavy atom. The molecule has 0 aromatic carbocycles. The minimum Gasteiger partial charge on any atom is -0.377 e. The van der Waals surface area contributed by atoms with E-state index in [2.05, 4.69) is 23.7 Å². The lowest BCUT2D eigenvalue weighted by Gasteiger charge is -2.20. The van der Waals surface area contributed by atoms with Crippen molar-refractivity contribution in [1.29, 1.82) is 0 Å². The molecule has 0 aromatic rings. The van der Waals surface area contributed by atoms with Crippen LogP contribution in [-0.2, 0) is 0 Å². The summed E-state index contributed by atoms with van der Waals surface area (Å²) in [5.41, 5.74) is -0.806. The van der Waals surface area contributed by atoms with E-state index < -0.39 is 5.60 Å². The van der Waals surface area contributed by atoms with E-state index in [1.165, 1.54) is 0 Å². The van der Waals surface area contributed by atoms with Gasteiger partial charge in [0, 0.05) is 12.8 Å². The Balaban J connectivity index is 2.70. The molecular formula is C9H10O. The molecule has 1 heteroatoms. The van der Waals surface area contributed by atoms with Crippen LogP contribution in [0.15, 0.2) is 0 Å². The minimum atomic E-state index is -0.806. The third-order valence-electron chi connectivity index (χ3n) is 1.53. The van der Waals surface area contributed by atoms with Crippen molar-refractivity contribution in [2.75, 3.05) is 0 Å². The Bertz CT molecular complexity index is 233. The molecule has 0 saturated carbocycles. The summed E-state index contributed by atoms with van der Waals surface area (Å²) in [6.45, 7) is 1.74. The third kappa shape index (κ3) is 1.53. The fourth-order valence-corrected chi connectivity index (χ4v) is 0.994. The van der Waals surface area contributed by atoms with E-state index in [0.29, 0.717) is 12.8 Å². The average Bonchev–Trinajstić information content (AvgIpc) is 1.89. The van der Waals surface area contributed by atoms with Crippen LogP contribution in [0.4, 0.5) is 0 Å². The zero-order valence-electron chi connectivity index (χ0n) is 6.07. The first-order valence-electron chi connectivity index (χ1n) is 3.39. The highest BCUT2D eigenvalue weighted by molar-refractivity contribution is 5.21. The smallest absolute Gasteiger partial charge is 0.137 e. The van der Waals surface area contributed by atoms with Gasteiger partial charge in [0.15, 0.2) is 0 Å². The lowest BCUT2D eigenvalue weighted by Crippen LogP contribution is -2.27. The van der Waals surface area contributed by atoms with Crippen molar-refractivity contribution in [3.05, 3.63) is 0 Å². The first-order valence-corrected chi connectivity index (χ1v) is 3.39. The molecule has 1 N–H and O–H groups in total. The molecule has 0 spiro atoms. The van der Waals surface area contributed by atoms with Crippen LogP contribution >= 0.6 is 0 Å². The molecule has 52 valence electrons. The number of aliphatic hydroxyl groups is 1. The highest BCUT2D eigenvalue weighted by atomic mass is 16.3. The summed E-state index contributed by atoms with van der Waals surface area (Å²) >= 11 is 0. The van der Waals surface area contributed by atoms with E-state index in [4.69, 9.17) is 0 Å². The maximum Gasteiger partial charge on any atom is 0.137 e. The third-order valence-corrected chi connectivity index (χ3v) is 1.53. The predicted octanol–water partition coefficient (Wildman–Crippen LogP) is 0.928. The summed E-state index contributed by atoms with van der Waals surface area (Å²) < 4.78 is 0. The fraction of sp³-hybridized carbons (Fsp3) is 0.556. The van der Waals surface area contributed by atoms with Crippen molar-refractivity contribution in [1.82, 2.24) is 0 Å². The van der Waals surface area contributed by atoms with Crippen molar-refractivity contribution in [3.63, 3.8) is 0 Å². The highest BCUT2D eigenvalue weighted by Crippen LogP contribution is 2.18. The quantitative estimate of drug-likeness (QED) is 0.488. The molecule has 1 rings (SSSR count). The molecule has 10 heavy (non-hydrogen) atoms. The molecular weight excluding hydrogens is 124 g/mol. The average molecular weight is 134 g/mol. The van der Waals surface area contributed by atoms with Gasteiger partial charge in [-0.3, -0.25) is 0 Å². The molecule has 0 radical (unpaired) electrons. The monoisotopic (exact) mass is 134 g/mol. The van der Waals surface area contributed by atoms with Gasteiger partial charge in [-0.15, -0.1) is 11.8 Å². The Kier molecular flexibility index (Phi) is 2.00. The first kappa shape index (κ1) is 7.19. The molecule has 0 bridgehead atoms. The zero-order chi connectivity index (χ0) is 7.45. The molecule has 1 aliphatic carbocycles. The van der Waals surface area contributed by atoms with E-state index in [0.717, 1.165) is 6.42 Å². The van der Waals surface area contributed by atoms with Crippen LogP contribution in [0.5, 0.6) is 0 Å². The van der Waals surface area contributed by atoms with E-state index in [-0.39, 0.29) is 0 Å². The van der Waals surface area contributed by atoms with Gasteiger partial charge in [-0.25, -0.2) is 0 Å². The lowest BCUT2D eigenvalue weighted by atomic mass is 9.92. The summed E-state index contributed by atoms with van der Waals surface area (Å²) in [7, 11) is 0. The standard InChI is InChI=1S/C9H10O/c1-2-6-9(10)7-4-3-5-8-9/h10H,4,7-8H2,1H3. The Labute approximate surface area is 61.4 Å². The van der Waals surface area contributed by atoms with E-state index in [1.54, 1.807) is 6.92 Å². The van der Waals surface area contributed by atoms with Crippen LogP contribution < -0.4 is 0 Å². The normalized spacial score (nSPS) is 29.4. The van der Waals surface area contributed by atoms with Gasteiger partial charge in [0.2, 0.25) is 0 Å². The molecule has 0 heterocycles. The molecule has 0 fully saturated rings. The van der Waals surface area contributed by atoms with Crippen LogP contribution in [0.25, 0.3) is 0 Å². The van der Waals surface area contributed by atoms with Gasteiger partial charge in [-0.2, -0.15) is 0 Å². The fourth-order valence-electron chi connectivity index (χ4n) is 0.994. The minimum absolute atomic E-state index is 0.508. The van der Waals surface area contributed by atoms with Gasteiger partial charge in [-0.1, -0.05) is 11.8 Å². The Hall–Kier alpha value is -0.920. The van der Waals surface area contributed by atoms with Gasteiger partial charge >= 0.3 is 0 Å². The summed E-state index contributed by atoms with van der Waals surface area (Å²) in [6, 6.07) is 0. The van der Waals surface area contributed by atoms with Crippen LogP contribution in [0.2, 0.25) is 0 Å². The first-order chi connectivity index (χ1) is 4.77. The largest absolute Gasteiger partial charge is 0.377 e. The topological polar surface area (TPSA) is 20.2 Å². The van der Waals surface area contributed by atoms with Crippen molar-refractivity contribution in [2.24, 2.45) is 0 Å². The van der Waals surface area contributed by atoms with Crippen LogP contribution in [0.1, 0.15) is 26.2 Å². The highest BCUT2D eigenvalue weighted by Gasteiger charge is 2.23. The van der Waals surface area contributed by atoms with E-state index >= 15 is 0 Å². The summed E-state index contributed by atoms with van der Waals surface area (Å²) in [5, 5.41) is 9.60. The van der Waals surface area contributed by atoms with Crippen molar-refractivity contribution in [3.8, 4) is 23.7 Å². The summed E-state index contributed by atoms with van der Waals surface area (Å²) in [6.07, 6.45) is 1.97. The molecule has 0 amide bonds. The lowest BCUT2D eigenvalue weighted by molar-refractivity contribution is 0.0963. The second-order valence-corrected chi connectivity index (χ2v) is 2.44. The van der Waals surface area contributed by atoms with Gasteiger partial charge < -0.3 is 5.11 Å². The molecule has 1 unspecified atom stereocenters. The Morgan fingerprint density at radius 2 is 2.30 bits per heavy atom. The second-order valence-electron chi connectivity index (χ2n) is 2.44. The maximum atomic E-state index is 9.60. The molecule has 1 atom stereocenters. The Morgan fingerprint density at radius 3 is 2.80 bits per heavy atom. The van der Waals surface area contributed by atoms with Crippen LogP contribution in [-0.4, -0.2) is 10.7 Å². The number of rotatable bonds is 0. The van der Waals surface area contributed by atoms with Crippen molar-refractivity contribution < 1.29 is 5.11 Å². The van der Waals surface area contributed by atoms with Gasteiger partial charge in [0.05, 0.1) is 0 Å². The summed E-state index contributed by atoms with van der Waals surface area (Å²) in [5.74, 6) is 11.3. The predicted molar refractivity (Wildman–Crippen MR) is 40.0 cm³/mol. The molecule has 1 aliphatic rings. The SMILES string of the molecule is CC#CC1(O)CC#CCC1. The van der Waals surface area contributed by atoms with Crippen molar-refractivity contribution >= 4 is 0 Å². The maximum absolute atomic E-state index is 9.60. The molecule has 0 saturated heterocycles. The number of hydrogen-bond donors (Lipinski definition) is 1. The second kappa shape index (κ2) is 2.78. The van der Waals surface area contributed by atoms with Crippen LogP contribution in [0.3, 0.4) is 0 Å². The van der Waals surface area contributed by atoms with Gasteiger partial charge in [-0.05, 0) is 13.3 Å². The molecule has 0 aromatic heterocycles. The molecule has 0 aliphatic heterocycles. The van der Waals surface area contributed by atoms with E-state index in [1.807, 2.05) is 0 Å².